The van der Waals surface area contributed by atoms with Crippen molar-refractivity contribution in [3.8, 4) is 0 Å². The van der Waals surface area contributed by atoms with Gasteiger partial charge < -0.3 is 9.72 Å². The molecule has 1 unspecified atom stereocenters. The number of Topliss-reactive ketones (excluding diaryl/α,β-unsaturated/α-hetero) is 1. The topological polar surface area (TPSA) is 46.4 Å². The zero-order chi connectivity index (χ0) is 12.2. The average Bonchev–Trinajstić information content (AvgIpc) is 2.61. The molecule has 0 saturated carbocycles. The van der Waals surface area contributed by atoms with Gasteiger partial charge in [0, 0.05) is 24.0 Å². The largest absolute Gasteiger partial charge is 0.380 e. The summed E-state index contributed by atoms with van der Waals surface area (Å²) in [5.74, 6) is 0.0721. The van der Waals surface area contributed by atoms with Crippen molar-refractivity contribution in [2.24, 2.45) is 0 Å². The summed E-state index contributed by atoms with van der Waals surface area (Å²) in [6.45, 7) is 4.55. The fourth-order valence-corrected chi connectivity index (χ4v) is 2.42. The molecule has 0 aromatic carbocycles. The van der Waals surface area contributed by atoms with Crippen molar-refractivity contribution < 1.29 is 4.79 Å². The zero-order valence-corrected chi connectivity index (χ0v) is 10.6. The van der Waals surface area contributed by atoms with Gasteiger partial charge in [0.05, 0.1) is 16.6 Å². The highest BCUT2D eigenvalue weighted by atomic mass is 32.1. The SMILES string of the molecule is Cc1nc2c3c(ccn2c1C)C(=O)C(S)CN3. The van der Waals surface area contributed by atoms with Crippen LogP contribution in [0.2, 0.25) is 0 Å². The number of hydrogen-bond donors (Lipinski definition) is 2. The van der Waals surface area contributed by atoms with Crippen LogP contribution in [0.4, 0.5) is 5.69 Å². The Morgan fingerprint density at radius 2 is 2.29 bits per heavy atom. The second-order valence-corrected chi connectivity index (χ2v) is 4.96. The van der Waals surface area contributed by atoms with Gasteiger partial charge in [0.1, 0.15) is 0 Å². The first-order valence-electron chi connectivity index (χ1n) is 5.54. The molecule has 0 spiro atoms. The van der Waals surface area contributed by atoms with E-state index < -0.39 is 0 Å². The van der Waals surface area contributed by atoms with Crippen molar-refractivity contribution in [2.45, 2.75) is 19.1 Å². The van der Waals surface area contributed by atoms with E-state index in [2.05, 4.69) is 22.9 Å². The first-order chi connectivity index (χ1) is 8.09. The summed E-state index contributed by atoms with van der Waals surface area (Å²) < 4.78 is 2.01. The van der Waals surface area contributed by atoms with E-state index in [1.54, 1.807) is 0 Å². The number of nitrogens with zero attached hydrogens (tertiary/aromatic N) is 2. The van der Waals surface area contributed by atoms with E-state index in [1.807, 2.05) is 30.5 Å². The molecule has 5 heteroatoms. The molecule has 0 amide bonds. The van der Waals surface area contributed by atoms with Crippen molar-refractivity contribution in [1.82, 2.24) is 9.38 Å². The number of pyridine rings is 1. The minimum atomic E-state index is -0.262. The highest BCUT2D eigenvalue weighted by Crippen LogP contribution is 2.29. The molecule has 1 aliphatic rings. The van der Waals surface area contributed by atoms with Crippen LogP contribution in [0, 0.1) is 13.8 Å². The van der Waals surface area contributed by atoms with Gasteiger partial charge >= 0.3 is 0 Å². The molecule has 3 heterocycles. The third-order valence-electron chi connectivity index (χ3n) is 3.31. The predicted octanol–water partition coefficient (Wildman–Crippen LogP) is 1.86. The number of nitrogens with one attached hydrogen (secondary N) is 1. The normalized spacial score (nSPS) is 19.2. The highest BCUT2D eigenvalue weighted by molar-refractivity contribution is 7.81. The number of aromatic nitrogens is 2. The van der Waals surface area contributed by atoms with Crippen LogP contribution in [0.15, 0.2) is 12.3 Å². The van der Waals surface area contributed by atoms with Crippen LogP contribution in [0.25, 0.3) is 5.65 Å². The van der Waals surface area contributed by atoms with Crippen molar-refractivity contribution in [2.75, 3.05) is 11.9 Å². The molecule has 2 aromatic rings. The lowest BCUT2D eigenvalue weighted by Crippen LogP contribution is -2.30. The summed E-state index contributed by atoms with van der Waals surface area (Å²) in [6.07, 6.45) is 1.90. The Kier molecular flexibility index (Phi) is 2.19. The average molecular weight is 247 g/mol. The number of carbonyl (C=O) groups is 1. The molecule has 0 radical (unpaired) electrons. The zero-order valence-electron chi connectivity index (χ0n) is 9.69. The van der Waals surface area contributed by atoms with Gasteiger partial charge in [-0.15, -0.1) is 0 Å². The van der Waals surface area contributed by atoms with Crippen molar-refractivity contribution in [3.63, 3.8) is 0 Å². The van der Waals surface area contributed by atoms with E-state index in [1.165, 1.54) is 0 Å². The fraction of sp³-hybridized carbons (Fsp3) is 0.333. The third kappa shape index (κ3) is 1.38. The van der Waals surface area contributed by atoms with E-state index in [9.17, 15) is 4.79 Å². The summed E-state index contributed by atoms with van der Waals surface area (Å²) in [5.41, 5.74) is 4.43. The quantitative estimate of drug-likeness (QED) is 0.698. The highest BCUT2D eigenvalue weighted by Gasteiger charge is 2.27. The number of aryl methyl sites for hydroxylation is 2. The first kappa shape index (κ1) is 10.7. The number of carbonyl (C=O) groups excluding carboxylic acids is 1. The number of imidazole rings is 1. The first-order valence-corrected chi connectivity index (χ1v) is 6.05. The van der Waals surface area contributed by atoms with Gasteiger partial charge in [0.25, 0.3) is 0 Å². The van der Waals surface area contributed by atoms with E-state index >= 15 is 0 Å². The number of rotatable bonds is 0. The molecule has 0 saturated heterocycles. The molecule has 1 aliphatic heterocycles. The summed E-state index contributed by atoms with van der Waals surface area (Å²) in [5, 5.41) is 2.98. The van der Waals surface area contributed by atoms with Gasteiger partial charge in [0.15, 0.2) is 11.4 Å². The van der Waals surface area contributed by atoms with E-state index in [-0.39, 0.29) is 11.0 Å². The molecule has 1 atom stereocenters. The van der Waals surface area contributed by atoms with E-state index in [0.717, 1.165) is 22.7 Å². The monoisotopic (exact) mass is 247 g/mol. The predicted molar refractivity (Wildman–Crippen MR) is 70.3 cm³/mol. The Balaban J connectivity index is 2.34. The Hall–Kier alpha value is -1.49. The molecule has 2 aromatic heterocycles. The van der Waals surface area contributed by atoms with Gasteiger partial charge in [-0.25, -0.2) is 4.98 Å². The fourth-order valence-electron chi connectivity index (χ4n) is 2.19. The molecule has 17 heavy (non-hydrogen) atoms. The molecule has 3 rings (SSSR count). The number of fused-ring (bicyclic) bond motifs is 3. The van der Waals surface area contributed by atoms with Crippen LogP contribution in [-0.2, 0) is 0 Å². The molecule has 0 bridgehead atoms. The molecular formula is C12H13N3OS. The maximum absolute atomic E-state index is 12.0. The van der Waals surface area contributed by atoms with Crippen LogP contribution < -0.4 is 5.32 Å². The lowest BCUT2D eigenvalue weighted by Gasteiger charge is -2.21. The Morgan fingerprint density at radius 3 is 3.06 bits per heavy atom. The van der Waals surface area contributed by atoms with Crippen LogP contribution in [-0.4, -0.2) is 27.0 Å². The second-order valence-electron chi connectivity index (χ2n) is 4.34. The molecule has 1 N–H and O–H groups in total. The van der Waals surface area contributed by atoms with Gasteiger partial charge in [-0.05, 0) is 19.9 Å². The minimum Gasteiger partial charge on any atom is -0.380 e. The number of thiol groups is 1. The minimum absolute atomic E-state index is 0.0721. The lowest BCUT2D eigenvalue weighted by atomic mass is 10.0. The summed E-state index contributed by atoms with van der Waals surface area (Å²) in [4.78, 5) is 16.5. The van der Waals surface area contributed by atoms with Crippen LogP contribution in [0.3, 0.4) is 0 Å². The maximum Gasteiger partial charge on any atom is 0.179 e. The van der Waals surface area contributed by atoms with Gasteiger partial charge in [-0.1, -0.05) is 0 Å². The smallest absolute Gasteiger partial charge is 0.179 e. The lowest BCUT2D eigenvalue weighted by molar-refractivity contribution is 0.0990. The number of hydrogen-bond acceptors (Lipinski definition) is 4. The second kappa shape index (κ2) is 3.50. The van der Waals surface area contributed by atoms with Crippen LogP contribution in [0.1, 0.15) is 21.7 Å². The molecule has 0 aliphatic carbocycles. The Morgan fingerprint density at radius 1 is 1.53 bits per heavy atom. The van der Waals surface area contributed by atoms with Gasteiger partial charge in [-0.3, -0.25) is 4.79 Å². The molecule has 4 nitrogen and oxygen atoms in total. The van der Waals surface area contributed by atoms with Gasteiger partial charge in [0.2, 0.25) is 0 Å². The van der Waals surface area contributed by atoms with Crippen LogP contribution in [0.5, 0.6) is 0 Å². The van der Waals surface area contributed by atoms with Crippen molar-refractivity contribution in [3.05, 3.63) is 29.2 Å². The third-order valence-corrected chi connectivity index (χ3v) is 3.73. The molecule has 0 fully saturated rings. The Bertz CT molecular complexity index is 632. The summed E-state index contributed by atoms with van der Waals surface area (Å²) >= 11 is 4.26. The standard InChI is InChI=1S/C12H13N3OS/c1-6-7(2)15-4-3-8-10(12(15)14-6)13-5-9(17)11(8)16/h3-4,9,13,17H,5H2,1-2H3. The van der Waals surface area contributed by atoms with Gasteiger partial charge in [-0.2, -0.15) is 12.6 Å². The van der Waals surface area contributed by atoms with Crippen molar-refractivity contribution >= 4 is 29.7 Å². The number of anilines is 1. The molecular weight excluding hydrogens is 234 g/mol. The number of ketones is 1. The van der Waals surface area contributed by atoms with Crippen LogP contribution >= 0.6 is 12.6 Å². The Labute approximate surface area is 104 Å². The summed E-state index contributed by atoms with van der Waals surface area (Å²) in [7, 11) is 0. The summed E-state index contributed by atoms with van der Waals surface area (Å²) in [6, 6.07) is 1.84. The van der Waals surface area contributed by atoms with Crippen molar-refractivity contribution in [1.29, 1.82) is 0 Å². The van der Waals surface area contributed by atoms with E-state index in [0.29, 0.717) is 12.1 Å². The van der Waals surface area contributed by atoms with E-state index in [4.69, 9.17) is 0 Å². The molecule has 88 valence electrons. The maximum atomic E-state index is 12.0.